The zero-order valence-corrected chi connectivity index (χ0v) is 21.4. The molecule has 1 aliphatic heterocycles. The van der Waals surface area contributed by atoms with Crippen molar-refractivity contribution in [3.63, 3.8) is 0 Å². The topological polar surface area (TPSA) is 92.7 Å². The van der Waals surface area contributed by atoms with Crippen LogP contribution in [0.15, 0.2) is 59.5 Å². The van der Waals surface area contributed by atoms with Gasteiger partial charge in [-0.25, -0.2) is 4.98 Å². The van der Waals surface area contributed by atoms with Gasteiger partial charge in [0.15, 0.2) is 0 Å². The minimum Gasteiger partial charge on any atom is -0.385 e. The number of carbonyl (C=O) groups excluding carboxylic acids is 1. The summed E-state index contributed by atoms with van der Waals surface area (Å²) in [6, 6.07) is 15.8. The molecule has 1 saturated heterocycles. The fourth-order valence-corrected chi connectivity index (χ4v) is 5.30. The van der Waals surface area contributed by atoms with Crippen LogP contribution in [0.2, 0.25) is 0 Å². The number of likely N-dealkylation sites (tertiary alicyclic amines) is 1. The number of aryl methyl sites for hydroxylation is 2. The van der Waals surface area contributed by atoms with Crippen molar-refractivity contribution in [2.45, 2.75) is 39.2 Å². The Balaban J connectivity index is 1.49. The van der Waals surface area contributed by atoms with Gasteiger partial charge in [0, 0.05) is 39.5 Å². The minimum atomic E-state index is -0.236. The van der Waals surface area contributed by atoms with Crippen molar-refractivity contribution in [3.05, 3.63) is 87.3 Å². The van der Waals surface area contributed by atoms with E-state index in [2.05, 4.69) is 24.3 Å². The van der Waals surface area contributed by atoms with Gasteiger partial charge in [-0.3, -0.25) is 19.4 Å². The third-order valence-corrected chi connectivity index (χ3v) is 7.36. The van der Waals surface area contributed by atoms with E-state index in [-0.39, 0.29) is 22.5 Å². The van der Waals surface area contributed by atoms with Crippen LogP contribution in [-0.2, 0) is 17.7 Å². The molecule has 0 radical (unpaired) electrons. The Morgan fingerprint density at radius 2 is 1.86 bits per heavy atom. The van der Waals surface area contributed by atoms with E-state index in [1.54, 1.807) is 23.9 Å². The highest BCUT2D eigenvalue weighted by molar-refractivity contribution is 5.97. The first-order valence-corrected chi connectivity index (χ1v) is 12.9. The van der Waals surface area contributed by atoms with Gasteiger partial charge in [-0.2, -0.15) is 0 Å². The molecule has 0 spiro atoms. The molecular weight excluding hydrogens is 466 g/mol. The van der Waals surface area contributed by atoms with E-state index >= 15 is 0 Å². The van der Waals surface area contributed by atoms with Crippen molar-refractivity contribution >= 4 is 22.6 Å². The van der Waals surface area contributed by atoms with Crippen LogP contribution < -0.4 is 11.0 Å². The van der Waals surface area contributed by atoms with E-state index in [0.717, 1.165) is 24.8 Å². The quantitative estimate of drug-likeness (QED) is 0.311. The lowest BCUT2D eigenvalue weighted by atomic mass is 9.90. The number of piperidine rings is 1. The number of hydrogen-bond donors (Lipinski definition) is 1. The first-order valence-electron chi connectivity index (χ1n) is 12.9. The number of aromatic nitrogens is 3. The summed E-state index contributed by atoms with van der Waals surface area (Å²) in [7, 11) is 1.63. The van der Waals surface area contributed by atoms with Crippen molar-refractivity contribution in [1.82, 2.24) is 18.9 Å². The summed E-state index contributed by atoms with van der Waals surface area (Å²) < 4.78 is 8.43. The van der Waals surface area contributed by atoms with Crippen LogP contribution in [-0.4, -0.2) is 51.6 Å². The van der Waals surface area contributed by atoms with Gasteiger partial charge in [-0.15, -0.1) is 0 Å². The number of amides is 1. The number of methoxy groups -OCH3 is 1. The minimum absolute atomic E-state index is 0.0878. The average Bonchev–Trinajstić information content (AvgIpc) is 2.91. The van der Waals surface area contributed by atoms with Crippen molar-refractivity contribution in [1.29, 1.82) is 5.41 Å². The van der Waals surface area contributed by atoms with Gasteiger partial charge in [-0.05, 0) is 61.8 Å². The zero-order chi connectivity index (χ0) is 25.9. The Labute approximate surface area is 215 Å². The molecule has 8 heteroatoms. The molecule has 3 aromatic heterocycles. The number of carbonyl (C=O) groups is 1. The van der Waals surface area contributed by atoms with Gasteiger partial charge >= 0.3 is 0 Å². The van der Waals surface area contributed by atoms with Gasteiger partial charge in [-0.1, -0.05) is 36.4 Å². The fourth-order valence-electron chi connectivity index (χ4n) is 5.30. The summed E-state index contributed by atoms with van der Waals surface area (Å²) >= 11 is 0. The number of rotatable bonds is 7. The highest BCUT2D eigenvalue weighted by atomic mass is 16.5. The maximum atomic E-state index is 13.7. The van der Waals surface area contributed by atoms with E-state index in [4.69, 9.17) is 15.1 Å². The molecule has 4 heterocycles. The summed E-state index contributed by atoms with van der Waals surface area (Å²) in [5.74, 6) is 0.334. The van der Waals surface area contributed by atoms with E-state index in [1.807, 2.05) is 30.0 Å². The molecule has 1 aliphatic rings. The molecule has 0 unspecified atom stereocenters. The van der Waals surface area contributed by atoms with Gasteiger partial charge in [0.05, 0.1) is 10.9 Å². The molecule has 0 atom stereocenters. The van der Waals surface area contributed by atoms with Crippen molar-refractivity contribution in [2.75, 3.05) is 26.8 Å². The third kappa shape index (κ3) is 4.93. The second-order valence-corrected chi connectivity index (χ2v) is 9.87. The molecule has 0 aliphatic carbocycles. The van der Waals surface area contributed by atoms with Gasteiger partial charge in [0.2, 0.25) is 0 Å². The first-order chi connectivity index (χ1) is 18.0. The standard InChI is InChI=1S/C29H33N5O3/c1-20-8-6-13-34-26(20)31-27-24(29(34)36)19-23(25(30)33(27)14-7-17-37-2)28(35)32-15-11-22(12-16-32)18-21-9-4-3-5-10-21/h3-6,8-10,13,19,22,30H,7,11-12,14-18H2,1-2H3. The van der Waals surface area contributed by atoms with E-state index < -0.39 is 0 Å². The van der Waals surface area contributed by atoms with Crippen molar-refractivity contribution in [2.24, 2.45) is 5.92 Å². The number of nitrogens with zero attached hydrogens (tertiary/aromatic N) is 4. The van der Waals surface area contributed by atoms with Gasteiger partial charge in [0.1, 0.15) is 16.8 Å². The molecule has 5 rings (SSSR count). The summed E-state index contributed by atoms with van der Waals surface area (Å²) in [4.78, 5) is 33.8. The molecular formula is C29H33N5O3. The first kappa shape index (κ1) is 24.9. The molecule has 192 valence electrons. The number of nitrogens with one attached hydrogen (secondary N) is 1. The molecule has 0 bridgehead atoms. The second-order valence-electron chi connectivity index (χ2n) is 9.87. The van der Waals surface area contributed by atoms with Crippen LogP contribution in [0.1, 0.15) is 40.7 Å². The largest absolute Gasteiger partial charge is 0.385 e. The molecule has 37 heavy (non-hydrogen) atoms. The van der Waals surface area contributed by atoms with E-state index in [1.165, 1.54) is 9.96 Å². The summed E-state index contributed by atoms with van der Waals surface area (Å²) in [6.45, 7) is 4.13. The summed E-state index contributed by atoms with van der Waals surface area (Å²) in [6.07, 6.45) is 5.18. The number of benzene rings is 1. The lowest BCUT2D eigenvalue weighted by molar-refractivity contribution is 0.0687. The average molecular weight is 500 g/mol. The van der Waals surface area contributed by atoms with E-state index in [0.29, 0.717) is 55.3 Å². The zero-order valence-electron chi connectivity index (χ0n) is 21.4. The lowest BCUT2D eigenvalue weighted by Gasteiger charge is -2.32. The monoisotopic (exact) mass is 499 g/mol. The third-order valence-electron chi connectivity index (χ3n) is 7.36. The number of hydrogen-bond acceptors (Lipinski definition) is 5. The molecule has 1 aromatic carbocycles. The summed E-state index contributed by atoms with van der Waals surface area (Å²) in [5, 5.41) is 9.31. The van der Waals surface area contributed by atoms with Gasteiger partial charge < -0.3 is 14.2 Å². The van der Waals surface area contributed by atoms with Crippen molar-refractivity contribution in [3.8, 4) is 0 Å². The Kier molecular flexibility index (Phi) is 7.19. The maximum absolute atomic E-state index is 13.7. The van der Waals surface area contributed by atoms with Crippen LogP contribution >= 0.6 is 0 Å². The van der Waals surface area contributed by atoms with Crippen LogP contribution in [0, 0.1) is 18.3 Å². The number of fused-ring (bicyclic) bond motifs is 2. The Morgan fingerprint density at radius 1 is 1.11 bits per heavy atom. The molecule has 8 nitrogen and oxygen atoms in total. The molecule has 1 amide bonds. The summed E-state index contributed by atoms with van der Waals surface area (Å²) in [5.41, 5.74) is 3.28. The Hall–Kier alpha value is -3.78. The van der Waals surface area contributed by atoms with Crippen molar-refractivity contribution < 1.29 is 9.53 Å². The molecule has 1 N–H and O–H groups in total. The Morgan fingerprint density at radius 3 is 2.59 bits per heavy atom. The molecule has 1 fully saturated rings. The lowest BCUT2D eigenvalue weighted by Crippen LogP contribution is -2.42. The predicted molar refractivity (Wildman–Crippen MR) is 143 cm³/mol. The fraction of sp³-hybridized carbons (Fsp3) is 0.379. The van der Waals surface area contributed by atoms with Crippen LogP contribution in [0.25, 0.3) is 16.7 Å². The highest BCUT2D eigenvalue weighted by Gasteiger charge is 2.26. The molecule has 0 saturated carbocycles. The van der Waals surface area contributed by atoms with Crippen LogP contribution in [0.4, 0.5) is 0 Å². The molecule has 4 aromatic rings. The SMILES string of the molecule is COCCCn1c(=N)c(C(=O)N2CCC(Cc3ccccc3)CC2)cc2c(=O)n3cccc(C)c3nc21. The Bertz CT molecular complexity index is 1550. The number of ether oxygens (including phenoxy) is 1. The maximum Gasteiger partial charge on any atom is 0.267 e. The van der Waals surface area contributed by atoms with Crippen LogP contribution in [0.5, 0.6) is 0 Å². The van der Waals surface area contributed by atoms with Crippen LogP contribution in [0.3, 0.4) is 0 Å². The van der Waals surface area contributed by atoms with Gasteiger partial charge in [0.25, 0.3) is 11.5 Å². The second kappa shape index (κ2) is 10.7. The number of pyridine rings is 2. The predicted octanol–water partition coefficient (Wildman–Crippen LogP) is 3.57. The smallest absolute Gasteiger partial charge is 0.267 e. The van der Waals surface area contributed by atoms with E-state index in [9.17, 15) is 9.59 Å². The highest BCUT2D eigenvalue weighted by Crippen LogP contribution is 2.23. The normalized spacial score (nSPS) is 14.5.